The minimum Gasteiger partial charge on any atom is -0.332 e. The van der Waals surface area contributed by atoms with Gasteiger partial charge in [-0.15, -0.1) is 0 Å². The number of rotatable bonds is 5. The van der Waals surface area contributed by atoms with E-state index in [0.717, 1.165) is 4.57 Å². The summed E-state index contributed by atoms with van der Waals surface area (Å²) in [7, 11) is 0. The van der Waals surface area contributed by atoms with Crippen LogP contribution in [0.1, 0.15) is 27.4 Å². The molecule has 0 radical (unpaired) electrons. The largest absolute Gasteiger partial charge is 0.432 e. The molecule has 7 nitrogen and oxygen atoms in total. The van der Waals surface area contributed by atoms with Crippen molar-refractivity contribution in [3.05, 3.63) is 92.7 Å². The predicted molar refractivity (Wildman–Crippen MR) is 126 cm³/mol. The first-order valence-corrected chi connectivity index (χ1v) is 11.2. The number of halogens is 6. The summed E-state index contributed by atoms with van der Waals surface area (Å²) in [4.78, 5) is 25.1. The molecule has 0 bridgehead atoms. The van der Waals surface area contributed by atoms with Crippen molar-refractivity contribution < 1.29 is 22.5 Å². The lowest BCUT2D eigenvalue weighted by molar-refractivity contribution is -0.143. The van der Waals surface area contributed by atoms with Crippen molar-refractivity contribution in [2.45, 2.75) is 12.7 Å². The molecule has 2 aromatic carbocycles. The van der Waals surface area contributed by atoms with E-state index >= 15 is 0 Å². The van der Waals surface area contributed by atoms with E-state index < -0.39 is 29.0 Å². The standard InChI is InChI=1S/C23H11Cl3F3N5O2/c24-12-3-4-17-14(7-12)18(19(35)21-32-22(36-33-21)16-5-6-30-10-31-16)20(23(27,28)29)34(17)9-11-1-2-13(25)8-15(11)26/h1-8,10H,9H2. The average Bonchev–Trinajstić information content (AvgIpc) is 3.44. The van der Waals surface area contributed by atoms with Crippen LogP contribution in [0.4, 0.5) is 13.2 Å². The highest BCUT2D eigenvalue weighted by atomic mass is 35.5. The molecule has 182 valence electrons. The van der Waals surface area contributed by atoms with Crippen molar-refractivity contribution in [3.8, 4) is 11.6 Å². The Kier molecular flexibility index (Phi) is 6.19. The van der Waals surface area contributed by atoms with Crippen molar-refractivity contribution in [3.63, 3.8) is 0 Å². The smallest absolute Gasteiger partial charge is 0.332 e. The molecule has 0 atom stereocenters. The number of benzene rings is 2. The molecule has 0 saturated carbocycles. The molecule has 0 N–H and O–H groups in total. The molecule has 3 heterocycles. The van der Waals surface area contributed by atoms with Gasteiger partial charge in [-0.1, -0.05) is 46.0 Å². The Labute approximate surface area is 215 Å². The summed E-state index contributed by atoms with van der Waals surface area (Å²) in [5.41, 5.74) is -1.19. The lowest BCUT2D eigenvalue weighted by Gasteiger charge is -2.15. The third kappa shape index (κ3) is 4.43. The van der Waals surface area contributed by atoms with Gasteiger partial charge in [-0.3, -0.25) is 4.79 Å². The molecule has 5 rings (SSSR count). The quantitative estimate of drug-likeness (QED) is 0.225. The number of hydrogen-bond donors (Lipinski definition) is 0. The molecule has 0 unspecified atom stereocenters. The van der Waals surface area contributed by atoms with E-state index in [0.29, 0.717) is 10.6 Å². The average molecular weight is 553 g/mol. The maximum Gasteiger partial charge on any atom is 0.432 e. The van der Waals surface area contributed by atoms with Crippen LogP contribution in [0.15, 0.2) is 59.5 Å². The molecule has 0 aliphatic carbocycles. The second-order valence-electron chi connectivity index (χ2n) is 7.55. The van der Waals surface area contributed by atoms with E-state index in [4.69, 9.17) is 39.3 Å². The number of nitrogens with zero attached hydrogens (tertiary/aromatic N) is 5. The number of fused-ring (bicyclic) bond motifs is 1. The fourth-order valence-electron chi connectivity index (χ4n) is 3.78. The number of carbonyl (C=O) groups is 1. The molecule has 0 amide bonds. The van der Waals surface area contributed by atoms with Crippen molar-refractivity contribution in [1.29, 1.82) is 0 Å². The first-order valence-electron chi connectivity index (χ1n) is 10.1. The summed E-state index contributed by atoms with van der Waals surface area (Å²) in [6.45, 7) is -0.297. The van der Waals surface area contributed by atoms with E-state index in [1.807, 2.05) is 0 Å². The zero-order chi connectivity index (χ0) is 25.6. The highest BCUT2D eigenvalue weighted by Gasteiger charge is 2.42. The van der Waals surface area contributed by atoms with Gasteiger partial charge in [-0.05, 0) is 42.0 Å². The third-order valence-corrected chi connectivity index (χ3v) is 6.12. The molecule has 0 saturated heterocycles. The molecule has 0 spiro atoms. The number of ketones is 1. The lowest BCUT2D eigenvalue weighted by Crippen LogP contribution is -2.19. The summed E-state index contributed by atoms with van der Waals surface area (Å²) in [6.07, 6.45) is -2.30. The number of alkyl halides is 3. The van der Waals surface area contributed by atoms with Gasteiger partial charge in [0.25, 0.3) is 5.89 Å². The van der Waals surface area contributed by atoms with Crippen molar-refractivity contribution >= 4 is 51.5 Å². The zero-order valence-corrected chi connectivity index (χ0v) is 20.0. The van der Waals surface area contributed by atoms with Gasteiger partial charge in [0, 0.05) is 38.7 Å². The van der Waals surface area contributed by atoms with Crippen molar-refractivity contribution in [2.24, 2.45) is 0 Å². The van der Waals surface area contributed by atoms with Crippen LogP contribution < -0.4 is 0 Å². The summed E-state index contributed by atoms with van der Waals surface area (Å²) in [5.74, 6) is -1.82. The van der Waals surface area contributed by atoms with Gasteiger partial charge in [0.05, 0.1) is 5.56 Å². The number of hydrogen-bond acceptors (Lipinski definition) is 6. The first kappa shape index (κ1) is 24.2. The summed E-state index contributed by atoms with van der Waals surface area (Å²) in [6, 6.07) is 10.0. The van der Waals surface area contributed by atoms with Crippen LogP contribution in [0.3, 0.4) is 0 Å². The second kappa shape index (κ2) is 9.20. The molecule has 36 heavy (non-hydrogen) atoms. The molecule has 3 aromatic heterocycles. The first-order chi connectivity index (χ1) is 17.1. The fourth-order valence-corrected chi connectivity index (χ4v) is 4.43. The molecular formula is C23H11Cl3F3N5O2. The number of aromatic nitrogens is 5. The van der Waals surface area contributed by atoms with Gasteiger partial charge in [0.2, 0.25) is 11.6 Å². The molecular weight excluding hydrogens is 542 g/mol. The summed E-state index contributed by atoms with van der Waals surface area (Å²) >= 11 is 18.3. The summed E-state index contributed by atoms with van der Waals surface area (Å²) < 4.78 is 49.6. The van der Waals surface area contributed by atoms with Crippen LogP contribution in [0.25, 0.3) is 22.5 Å². The predicted octanol–water partition coefficient (Wildman–Crippen LogP) is 6.74. The Morgan fingerprint density at radius 3 is 2.47 bits per heavy atom. The minimum atomic E-state index is -4.94. The van der Waals surface area contributed by atoms with E-state index in [2.05, 4.69) is 20.1 Å². The Balaban J connectivity index is 1.71. The Morgan fingerprint density at radius 2 is 1.78 bits per heavy atom. The topological polar surface area (TPSA) is 86.7 Å². The van der Waals surface area contributed by atoms with Crippen molar-refractivity contribution in [1.82, 2.24) is 24.7 Å². The minimum absolute atomic E-state index is 0.0294. The highest BCUT2D eigenvalue weighted by Crippen LogP contribution is 2.41. The van der Waals surface area contributed by atoms with Crippen molar-refractivity contribution in [2.75, 3.05) is 0 Å². The van der Waals surface area contributed by atoms with E-state index in [9.17, 15) is 18.0 Å². The third-order valence-electron chi connectivity index (χ3n) is 5.29. The lowest BCUT2D eigenvalue weighted by atomic mass is 10.1. The normalized spacial score (nSPS) is 11.8. The van der Waals surface area contributed by atoms with Crippen LogP contribution in [0, 0.1) is 0 Å². The Bertz CT molecular complexity index is 1620. The van der Waals surface area contributed by atoms with Crippen LogP contribution in [0.5, 0.6) is 0 Å². The van der Waals surface area contributed by atoms with Gasteiger partial charge in [-0.25, -0.2) is 9.97 Å². The molecule has 0 aliphatic heterocycles. The van der Waals surface area contributed by atoms with Gasteiger partial charge in [0.1, 0.15) is 17.7 Å². The number of carbonyl (C=O) groups excluding carboxylic acids is 1. The SMILES string of the molecule is O=C(c1noc(-c2ccncn2)n1)c1c(C(F)(F)F)n(Cc2ccc(Cl)cc2Cl)c2ccc(Cl)cc12. The van der Waals surface area contributed by atoms with Gasteiger partial charge in [0.15, 0.2) is 0 Å². The molecule has 0 fully saturated rings. The zero-order valence-electron chi connectivity index (χ0n) is 17.7. The van der Waals surface area contributed by atoms with Gasteiger partial charge in [-0.2, -0.15) is 18.2 Å². The maximum atomic E-state index is 14.5. The molecule has 5 aromatic rings. The van der Waals surface area contributed by atoms with Crippen LogP contribution >= 0.6 is 34.8 Å². The van der Waals surface area contributed by atoms with Crippen LogP contribution in [0.2, 0.25) is 15.1 Å². The Morgan fingerprint density at radius 1 is 1.03 bits per heavy atom. The molecule has 0 aliphatic rings. The van der Waals surface area contributed by atoms with E-state index in [1.54, 1.807) is 0 Å². The molecule has 13 heteroatoms. The Hall–Kier alpha value is -3.47. The van der Waals surface area contributed by atoms with E-state index in [1.165, 1.54) is 55.0 Å². The van der Waals surface area contributed by atoms with Gasteiger partial charge < -0.3 is 9.09 Å². The van der Waals surface area contributed by atoms with E-state index in [-0.39, 0.29) is 39.1 Å². The van der Waals surface area contributed by atoms with Crippen LogP contribution in [-0.4, -0.2) is 30.5 Å². The monoisotopic (exact) mass is 551 g/mol. The maximum absolute atomic E-state index is 14.5. The van der Waals surface area contributed by atoms with Gasteiger partial charge >= 0.3 is 6.18 Å². The highest BCUT2D eigenvalue weighted by molar-refractivity contribution is 6.35. The fraction of sp³-hybridized carbons (Fsp3) is 0.0870. The second-order valence-corrected chi connectivity index (χ2v) is 8.83. The van der Waals surface area contributed by atoms with Crippen LogP contribution in [-0.2, 0) is 12.7 Å². The summed E-state index contributed by atoms with van der Waals surface area (Å²) in [5, 5.41) is 4.21.